The van der Waals surface area contributed by atoms with Crippen molar-refractivity contribution in [1.82, 2.24) is 5.32 Å². The fraction of sp³-hybridized carbons (Fsp3) is 0.316. The summed E-state index contributed by atoms with van der Waals surface area (Å²) in [5.41, 5.74) is 1.89. The van der Waals surface area contributed by atoms with Gasteiger partial charge < -0.3 is 15.0 Å². The number of carbonyl (C=O) groups is 1. The third kappa shape index (κ3) is 5.25. The van der Waals surface area contributed by atoms with Gasteiger partial charge in [-0.15, -0.1) is 0 Å². The first-order chi connectivity index (χ1) is 11.5. The normalized spacial score (nSPS) is 12.0. The number of nitrogens with one attached hydrogen (secondary N) is 2. The Labute approximate surface area is 148 Å². The SMILES string of the molecule is COc1ccc(Cl)cc1CC(=O)N[C@@H](C[NH+](C)C)c1ccccc1. The quantitative estimate of drug-likeness (QED) is 0.803. The smallest absolute Gasteiger partial charge is 0.225 e. The number of likely N-dealkylation sites (N-methyl/N-ethyl adjacent to an activating group) is 1. The maximum absolute atomic E-state index is 12.5. The maximum Gasteiger partial charge on any atom is 0.225 e. The van der Waals surface area contributed by atoms with E-state index in [1.165, 1.54) is 4.90 Å². The number of carbonyl (C=O) groups excluding carboxylic acids is 1. The van der Waals surface area contributed by atoms with E-state index in [-0.39, 0.29) is 18.4 Å². The van der Waals surface area contributed by atoms with Crippen LogP contribution in [-0.2, 0) is 11.2 Å². The second-order valence-electron chi connectivity index (χ2n) is 6.07. The summed E-state index contributed by atoms with van der Waals surface area (Å²) in [4.78, 5) is 13.8. The summed E-state index contributed by atoms with van der Waals surface area (Å²) in [6.45, 7) is 0.808. The van der Waals surface area contributed by atoms with E-state index in [1.807, 2.05) is 30.3 Å². The van der Waals surface area contributed by atoms with E-state index in [4.69, 9.17) is 16.3 Å². The Morgan fingerprint density at radius 3 is 2.54 bits per heavy atom. The lowest BCUT2D eigenvalue weighted by Gasteiger charge is -2.21. The summed E-state index contributed by atoms with van der Waals surface area (Å²) in [5, 5.41) is 3.72. The van der Waals surface area contributed by atoms with Crippen molar-refractivity contribution in [3.63, 3.8) is 0 Å². The molecule has 2 aromatic carbocycles. The highest BCUT2D eigenvalue weighted by molar-refractivity contribution is 6.30. The van der Waals surface area contributed by atoms with E-state index in [0.717, 1.165) is 17.7 Å². The van der Waals surface area contributed by atoms with Crippen LogP contribution in [0.15, 0.2) is 48.5 Å². The third-order valence-corrected chi connectivity index (χ3v) is 3.98. The molecule has 128 valence electrons. The molecule has 5 heteroatoms. The number of halogens is 1. The molecular weight excluding hydrogens is 324 g/mol. The van der Waals surface area contributed by atoms with Crippen molar-refractivity contribution >= 4 is 17.5 Å². The van der Waals surface area contributed by atoms with Gasteiger partial charge in [0, 0.05) is 10.6 Å². The fourth-order valence-electron chi connectivity index (χ4n) is 2.65. The molecule has 2 N–H and O–H groups in total. The van der Waals surface area contributed by atoms with Crippen molar-refractivity contribution in [2.24, 2.45) is 0 Å². The van der Waals surface area contributed by atoms with E-state index >= 15 is 0 Å². The molecule has 0 radical (unpaired) electrons. The first-order valence-electron chi connectivity index (χ1n) is 7.95. The molecule has 0 saturated carbocycles. The molecule has 1 amide bonds. The van der Waals surface area contributed by atoms with Crippen LogP contribution in [0.5, 0.6) is 5.75 Å². The molecular formula is C19H24ClN2O2+. The topological polar surface area (TPSA) is 42.8 Å². The molecule has 0 fully saturated rings. The minimum Gasteiger partial charge on any atom is -0.496 e. The molecule has 0 aliphatic carbocycles. The van der Waals surface area contributed by atoms with Gasteiger partial charge in [0.2, 0.25) is 5.91 Å². The second kappa shape index (κ2) is 8.71. The van der Waals surface area contributed by atoms with Crippen molar-refractivity contribution in [3.8, 4) is 5.75 Å². The van der Waals surface area contributed by atoms with Crippen LogP contribution in [0.1, 0.15) is 17.2 Å². The molecule has 0 spiro atoms. The monoisotopic (exact) mass is 347 g/mol. The largest absolute Gasteiger partial charge is 0.496 e. The van der Waals surface area contributed by atoms with Gasteiger partial charge in [0.15, 0.2) is 0 Å². The van der Waals surface area contributed by atoms with Crippen LogP contribution in [-0.4, -0.2) is 33.7 Å². The Kier molecular flexibility index (Phi) is 6.64. The van der Waals surface area contributed by atoms with Gasteiger partial charge in [0.25, 0.3) is 0 Å². The Balaban J connectivity index is 2.12. The number of methoxy groups -OCH3 is 1. The van der Waals surface area contributed by atoms with E-state index in [2.05, 4.69) is 19.4 Å². The summed E-state index contributed by atoms with van der Waals surface area (Å²) >= 11 is 6.04. The van der Waals surface area contributed by atoms with Crippen LogP contribution in [0.25, 0.3) is 0 Å². The van der Waals surface area contributed by atoms with E-state index in [9.17, 15) is 4.79 Å². The lowest BCUT2D eigenvalue weighted by Crippen LogP contribution is -3.06. The zero-order chi connectivity index (χ0) is 17.5. The molecule has 0 heterocycles. The number of hydrogen-bond donors (Lipinski definition) is 2. The number of ether oxygens (including phenoxy) is 1. The van der Waals surface area contributed by atoms with Crippen molar-refractivity contribution < 1.29 is 14.4 Å². The number of hydrogen-bond acceptors (Lipinski definition) is 2. The Hall–Kier alpha value is -2.04. The van der Waals surface area contributed by atoms with Gasteiger partial charge in [-0.05, 0) is 23.8 Å². The van der Waals surface area contributed by atoms with Crippen LogP contribution in [0, 0.1) is 0 Å². The molecule has 4 nitrogen and oxygen atoms in total. The van der Waals surface area contributed by atoms with E-state index in [1.54, 1.807) is 25.3 Å². The summed E-state index contributed by atoms with van der Waals surface area (Å²) in [5.74, 6) is 0.620. The van der Waals surface area contributed by atoms with Crippen molar-refractivity contribution in [2.75, 3.05) is 27.7 Å². The first kappa shape index (κ1) is 18.3. The van der Waals surface area contributed by atoms with Gasteiger partial charge in [-0.25, -0.2) is 0 Å². The number of amides is 1. The number of quaternary nitrogens is 1. The standard InChI is InChI=1S/C19H23ClN2O2/c1-22(2)13-17(14-7-5-4-6-8-14)21-19(23)12-15-11-16(20)9-10-18(15)24-3/h4-11,17H,12-13H2,1-3H3,(H,21,23)/p+1/t17-/m0/s1. The Bertz CT molecular complexity index is 674. The highest BCUT2D eigenvalue weighted by atomic mass is 35.5. The Morgan fingerprint density at radius 2 is 1.92 bits per heavy atom. The van der Waals surface area contributed by atoms with Gasteiger partial charge in [-0.3, -0.25) is 4.79 Å². The summed E-state index contributed by atoms with van der Waals surface area (Å²) < 4.78 is 5.31. The third-order valence-electron chi connectivity index (χ3n) is 3.74. The summed E-state index contributed by atoms with van der Waals surface area (Å²) in [6, 6.07) is 15.3. The number of benzene rings is 2. The lowest BCUT2D eigenvalue weighted by molar-refractivity contribution is -0.860. The fourth-order valence-corrected chi connectivity index (χ4v) is 2.84. The van der Waals surface area contributed by atoms with Crippen molar-refractivity contribution in [1.29, 1.82) is 0 Å². The molecule has 2 rings (SSSR count). The lowest BCUT2D eigenvalue weighted by atomic mass is 10.1. The van der Waals surface area contributed by atoms with Crippen molar-refractivity contribution in [2.45, 2.75) is 12.5 Å². The van der Waals surface area contributed by atoms with Crippen LogP contribution >= 0.6 is 11.6 Å². The minimum atomic E-state index is -0.0503. The zero-order valence-electron chi connectivity index (χ0n) is 14.3. The van der Waals surface area contributed by atoms with Crippen molar-refractivity contribution in [3.05, 3.63) is 64.7 Å². The Morgan fingerprint density at radius 1 is 1.21 bits per heavy atom. The molecule has 0 bridgehead atoms. The van der Waals surface area contributed by atoms with E-state index < -0.39 is 0 Å². The van der Waals surface area contributed by atoms with Crippen LogP contribution in [0.3, 0.4) is 0 Å². The van der Waals surface area contributed by atoms with Gasteiger partial charge in [-0.1, -0.05) is 41.9 Å². The molecule has 0 unspecified atom stereocenters. The van der Waals surface area contributed by atoms with E-state index in [0.29, 0.717) is 10.8 Å². The minimum absolute atomic E-state index is 0.0334. The average molecular weight is 348 g/mol. The van der Waals surface area contributed by atoms with Crippen LogP contribution in [0.4, 0.5) is 0 Å². The molecule has 0 saturated heterocycles. The predicted molar refractivity (Wildman–Crippen MR) is 96.7 cm³/mol. The molecule has 24 heavy (non-hydrogen) atoms. The molecule has 0 aliphatic heterocycles. The van der Waals surface area contributed by atoms with Gasteiger partial charge in [0.1, 0.15) is 18.3 Å². The first-order valence-corrected chi connectivity index (χ1v) is 8.33. The highest BCUT2D eigenvalue weighted by Crippen LogP contribution is 2.23. The number of rotatable bonds is 7. The van der Waals surface area contributed by atoms with Crippen LogP contribution in [0.2, 0.25) is 5.02 Å². The highest BCUT2D eigenvalue weighted by Gasteiger charge is 2.18. The molecule has 1 atom stereocenters. The zero-order valence-corrected chi connectivity index (χ0v) is 15.1. The maximum atomic E-state index is 12.5. The van der Waals surface area contributed by atoms with Gasteiger partial charge in [0.05, 0.1) is 27.6 Å². The molecule has 0 aliphatic rings. The summed E-state index contributed by atoms with van der Waals surface area (Å²) in [7, 11) is 5.73. The van der Waals surface area contributed by atoms with Gasteiger partial charge in [-0.2, -0.15) is 0 Å². The average Bonchev–Trinajstić information content (AvgIpc) is 2.55. The molecule has 0 aromatic heterocycles. The molecule has 2 aromatic rings. The summed E-state index contributed by atoms with van der Waals surface area (Å²) in [6.07, 6.45) is 0.232. The predicted octanol–water partition coefficient (Wildman–Crippen LogP) is 1.89. The van der Waals surface area contributed by atoms with Gasteiger partial charge >= 0.3 is 0 Å². The van der Waals surface area contributed by atoms with Crippen LogP contribution < -0.4 is 15.0 Å². The second-order valence-corrected chi connectivity index (χ2v) is 6.51.